The molecule has 0 radical (unpaired) electrons. The third kappa shape index (κ3) is 3.43. The van der Waals surface area contributed by atoms with Crippen LogP contribution in [0.1, 0.15) is 5.56 Å². The fourth-order valence-electron chi connectivity index (χ4n) is 2.20. The maximum Gasteiger partial charge on any atom is 0.0631 e. The van der Waals surface area contributed by atoms with Gasteiger partial charge < -0.3 is 4.90 Å². The summed E-state index contributed by atoms with van der Waals surface area (Å²) in [5.41, 5.74) is 4.50. The van der Waals surface area contributed by atoms with Crippen LogP contribution >= 0.6 is 11.3 Å². The third-order valence-corrected chi connectivity index (χ3v) is 4.34. The van der Waals surface area contributed by atoms with Gasteiger partial charge in [-0.2, -0.15) is 0 Å². The first-order chi connectivity index (χ1) is 10.7. The molecular formula is C19H18N2S. The Morgan fingerprint density at radius 3 is 2.45 bits per heavy atom. The summed E-state index contributed by atoms with van der Waals surface area (Å²) in [6.07, 6.45) is 1.92. The van der Waals surface area contributed by atoms with E-state index < -0.39 is 0 Å². The molecule has 3 aromatic rings. The zero-order valence-electron chi connectivity index (χ0n) is 12.7. The molecule has 0 atom stereocenters. The second-order valence-electron chi connectivity index (χ2n) is 5.27. The lowest BCUT2D eigenvalue weighted by Gasteiger charge is -2.11. The number of rotatable bonds is 4. The Morgan fingerprint density at radius 1 is 0.955 bits per heavy atom. The lowest BCUT2D eigenvalue weighted by atomic mass is 10.1. The molecule has 1 aromatic heterocycles. The van der Waals surface area contributed by atoms with E-state index in [2.05, 4.69) is 63.8 Å². The SMILES string of the molecule is CN(C)c1ccc(N=Cc2cccc(-c3cccs3)c2)cc1. The van der Waals surface area contributed by atoms with Gasteiger partial charge in [0.1, 0.15) is 0 Å². The smallest absolute Gasteiger partial charge is 0.0631 e. The highest BCUT2D eigenvalue weighted by Crippen LogP contribution is 2.25. The van der Waals surface area contributed by atoms with E-state index in [1.165, 1.54) is 16.1 Å². The molecule has 0 fully saturated rings. The standard InChI is InChI=1S/C19H18N2S/c1-21(2)18-10-8-17(9-11-18)20-14-15-5-3-6-16(13-15)19-7-4-12-22-19/h3-14H,1-2H3. The van der Waals surface area contributed by atoms with Crippen LogP contribution in [0.15, 0.2) is 71.0 Å². The molecule has 2 nitrogen and oxygen atoms in total. The zero-order valence-corrected chi connectivity index (χ0v) is 13.5. The van der Waals surface area contributed by atoms with Crippen LogP contribution in [0.3, 0.4) is 0 Å². The molecule has 0 aliphatic rings. The molecule has 0 unspecified atom stereocenters. The number of hydrogen-bond acceptors (Lipinski definition) is 3. The predicted octanol–water partition coefficient (Wildman–Crippen LogP) is 5.23. The van der Waals surface area contributed by atoms with Crippen LogP contribution in [0.4, 0.5) is 11.4 Å². The van der Waals surface area contributed by atoms with Crippen molar-refractivity contribution in [3.8, 4) is 10.4 Å². The van der Waals surface area contributed by atoms with Crippen molar-refractivity contribution in [2.24, 2.45) is 4.99 Å². The minimum atomic E-state index is 0.965. The van der Waals surface area contributed by atoms with Gasteiger partial charge in [0.15, 0.2) is 0 Å². The molecule has 0 aliphatic heterocycles. The second-order valence-corrected chi connectivity index (χ2v) is 6.22. The summed E-state index contributed by atoms with van der Waals surface area (Å²) in [4.78, 5) is 7.92. The van der Waals surface area contributed by atoms with Crippen molar-refractivity contribution in [2.45, 2.75) is 0 Å². The number of benzene rings is 2. The van der Waals surface area contributed by atoms with E-state index in [9.17, 15) is 0 Å². The summed E-state index contributed by atoms with van der Waals surface area (Å²) in [6.45, 7) is 0. The Balaban J connectivity index is 1.79. The molecule has 110 valence electrons. The Hall–Kier alpha value is -2.39. The number of anilines is 1. The lowest BCUT2D eigenvalue weighted by molar-refractivity contribution is 1.13. The van der Waals surface area contributed by atoms with E-state index >= 15 is 0 Å². The van der Waals surface area contributed by atoms with Crippen LogP contribution in [-0.4, -0.2) is 20.3 Å². The fourth-order valence-corrected chi connectivity index (χ4v) is 2.92. The summed E-state index contributed by atoms with van der Waals surface area (Å²) in [5, 5.41) is 2.10. The number of thiophene rings is 1. The van der Waals surface area contributed by atoms with E-state index in [1.807, 2.05) is 32.4 Å². The Labute approximate surface area is 135 Å². The van der Waals surface area contributed by atoms with E-state index in [-0.39, 0.29) is 0 Å². The van der Waals surface area contributed by atoms with Crippen LogP contribution in [0.5, 0.6) is 0 Å². The van der Waals surface area contributed by atoms with Gasteiger partial charge in [0.2, 0.25) is 0 Å². The molecule has 0 N–H and O–H groups in total. The van der Waals surface area contributed by atoms with E-state index in [4.69, 9.17) is 0 Å². The molecule has 0 bridgehead atoms. The largest absolute Gasteiger partial charge is 0.378 e. The van der Waals surface area contributed by atoms with Gasteiger partial charge in [-0.15, -0.1) is 11.3 Å². The van der Waals surface area contributed by atoms with Crippen molar-refractivity contribution >= 4 is 28.9 Å². The van der Waals surface area contributed by atoms with E-state index in [0.29, 0.717) is 0 Å². The first-order valence-electron chi connectivity index (χ1n) is 7.18. The first kappa shape index (κ1) is 14.5. The highest BCUT2D eigenvalue weighted by molar-refractivity contribution is 7.13. The first-order valence-corrected chi connectivity index (χ1v) is 8.06. The molecule has 22 heavy (non-hydrogen) atoms. The maximum absolute atomic E-state index is 4.56. The van der Waals surface area contributed by atoms with Gasteiger partial charge in [-0.25, -0.2) is 0 Å². The van der Waals surface area contributed by atoms with Gasteiger partial charge in [-0.1, -0.05) is 24.3 Å². The maximum atomic E-state index is 4.56. The summed E-state index contributed by atoms with van der Waals surface area (Å²) < 4.78 is 0. The van der Waals surface area contributed by atoms with Gasteiger partial charge in [-0.05, 0) is 52.9 Å². The van der Waals surface area contributed by atoms with Gasteiger partial charge in [0.05, 0.1) is 5.69 Å². The van der Waals surface area contributed by atoms with Crippen molar-refractivity contribution < 1.29 is 0 Å². The highest BCUT2D eigenvalue weighted by Gasteiger charge is 1.99. The van der Waals surface area contributed by atoms with Crippen molar-refractivity contribution in [1.82, 2.24) is 0 Å². The molecular weight excluding hydrogens is 288 g/mol. The Bertz CT molecular complexity index is 756. The topological polar surface area (TPSA) is 15.6 Å². The van der Waals surface area contributed by atoms with Gasteiger partial charge in [0.25, 0.3) is 0 Å². The summed E-state index contributed by atoms with van der Waals surface area (Å²) in [6, 6.07) is 20.9. The van der Waals surface area contributed by atoms with Crippen molar-refractivity contribution in [2.75, 3.05) is 19.0 Å². The summed E-state index contributed by atoms with van der Waals surface area (Å²) >= 11 is 1.75. The van der Waals surface area contributed by atoms with Crippen molar-refractivity contribution in [3.05, 3.63) is 71.6 Å². The van der Waals surface area contributed by atoms with Crippen LogP contribution in [0, 0.1) is 0 Å². The summed E-state index contributed by atoms with van der Waals surface area (Å²) in [5.74, 6) is 0. The monoisotopic (exact) mass is 306 g/mol. The molecule has 2 aromatic carbocycles. The molecule has 0 saturated carbocycles. The Kier molecular flexibility index (Phi) is 4.35. The van der Waals surface area contributed by atoms with Crippen LogP contribution in [-0.2, 0) is 0 Å². The number of aliphatic imine (C=N–C) groups is 1. The average molecular weight is 306 g/mol. The Morgan fingerprint density at radius 2 is 1.77 bits per heavy atom. The number of nitrogens with zero attached hydrogens (tertiary/aromatic N) is 2. The molecule has 0 saturated heterocycles. The van der Waals surface area contributed by atoms with E-state index in [0.717, 1.165) is 11.3 Å². The normalized spacial score (nSPS) is 11.0. The van der Waals surface area contributed by atoms with Crippen LogP contribution in [0.25, 0.3) is 10.4 Å². The van der Waals surface area contributed by atoms with Crippen molar-refractivity contribution in [1.29, 1.82) is 0 Å². The minimum absolute atomic E-state index is 0.965. The van der Waals surface area contributed by atoms with E-state index in [1.54, 1.807) is 11.3 Å². The average Bonchev–Trinajstić information content (AvgIpc) is 3.08. The number of hydrogen-bond donors (Lipinski definition) is 0. The second kappa shape index (κ2) is 6.58. The molecule has 3 heteroatoms. The fraction of sp³-hybridized carbons (Fsp3) is 0.105. The van der Waals surface area contributed by atoms with Gasteiger partial charge in [0, 0.05) is 30.9 Å². The molecule has 1 heterocycles. The molecule has 0 spiro atoms. The predicted molar refractivity (Wildman–Crippen MR) is 97.8 cm³/mol. The van der Waals surface area contributed by atoms with Crippen LogP contribution in [0.2, 0.25) is 0 Å². The molecule has 0 amide bonds. The minimum Gasteiger partial charge on any atom is -0.378 e. The third-order valence-electron chi connectivity index (χ3n) is 3.42. The molecule has 3 rings (SSSR count). The lowest BCUT2D eigenvalue weighted by Crippen LogP contribution is -2.07. The van der Waals surface area contributed by atoms with Crippen molar-refractivity contribution in [3.63, 3.8) is 0 Å². The van der Waals surface area contributed by atoms with Crippen LogP contribution < -0.4 is 4.90 Å². The highest BCUT2D eigenvalue weighted by atomic mass is 32.1. The van der Waals surface area contributed by atoms with Gasteiger partial charge >= 0.3 is 0 Å². The summed E-state index contributed by atoms with van der Waals surface area (Å²) in [7, 11) is 4.07. The van der Waals surface area contributed by atoms with Gasteiger partial charge in [-0.3, -0.25) is 4.99 Å². The quantitative estimate of drug-likeness (QED) is 0.602. The zero-order chi connectivity index (χ0) is 15.4. The molecule has 0 aliphatic carbocycles.